The molecule has 0 fully saturated rings. The van der Waals surface area contributed by atoms with Crippen LogP contribution in [0.3, 0.4) is 0 Å². The average Bonchev–Trinajstić information content (AvgIpc) is 2.75. The van der Waals surface area contributed by atoms with Gasteiger partial charge in [0.15, 0.2) is 0 Å². The number of rotatable bonds is 3. The molecule has 0 radical (unpaired) electrons. The Morgan fingerprint density at radius 3 is 3.06 bits per heavy atom. The maximum atomic E-state index is 13.0. The van der Waals surface area contributed by atoms with Crippen LogP contribution in [0.5, 0.6) is 0 Å². The Balaban J connectivity index is 2.05. The highest BCUT2D eigenvalue weighted by Crippen LogP contribution is 2.14. The molecule has 0 saturated heterocycles. The lowest BCUT2D eigenvalue weighted by Gasteiger charge is -2.04. The molecule has 7 heteroatoms. The second-order valence-corrected chi connectivity index (χ2v) is 4.86. The molecule has 1 amide bonds. The number of amides is 1. The van der Waals surface area contributed by atoms with Crippen LogP contribution in [0.25, 0.3) is 0 Å². The quantitative estimate of drug-likeness (QED) is 0.882. The van der Waals surface area contributed by atoms with Gasteiger partial charge >= 0.3 is 0 Å². The highest BCUT2D eigenvalue weighted by Gasteiger charge is 2.12. The predicted molar refractivity (Wildman–Crippen MR) is 67.2 cm³/mol. The van der Waals surface area contributed by atoms with Crippen molar-refractivity contribution in [2.75, 3.05) is 0 Å². The number of aromatic nitrogens is 2. The summed E-state index contributed by atoms with van der Waals surface area (Å²) in [6, 6.07) is 1.05. The van der Waals surface area contributed by atoms with E-state index in [-0.39, 0.29) is 17.3 Å². The first-order valence-corrected chi connectivity index (χ1v) is 6.32. The fourth-order valence-electron chi connectivity index (χ4n) is 1.32. The van der Waals surface area contributed by atoms with Crippen LogP contribution in [0.15, 0.2) is 17.6 Å². The summed E-state index contributed by atoms with van der Waals surface area (Å²) in [5, 5.41) is 5.26. The first kappa shape index (κ1) is 12.9. The third-order valence-corrected chi connectivity index (χ3v) is 3.38. The fraction of sp³-hybridized carbons (Fsp3) is 0.182. The second-order valence-electron chi connectivity index (χ2n) is 3.56. The normalized spacial score (nSPS) is 10.4. The van der Waals surface area contributed by atoms with E-state index in [1.54, 1.807) is 0 Å². The SMILES string of the molecule is Cc1csc(CNC(=O)c2cc(F)cnc2Cl)n1. The number of pyridine rings is 1. The third-order valence-electron chi connectivity index (χ3n) is 2.12. The monoisotopic (exact) mass is 285 g/mol. The van der Waals surface area contributed by atoms with Crippen LogP contribution in [0, 0.1) is 12.7 Å². The van der Waals surface area contributed by atoms with Gasteiger partial charge in [-0.05, 0) is 13.0 Å². The molecule has 0 saturated carbocycles. The molecular formula is C11H9ClFN3OS. The van der Waals surface area contributed by atoms with Gasteiger partial charge in [-0.25, -0.2) is 14.4 Å². The minimum Gasteiger partial charge on any atom is -0.345 e. The van der Waals surface area contributed by atoms with Crippen molar-refractivity contribution in [1.82, 2.24) is 15.3 Å². The molecule has 18 heavy (non-hydrogen) atoms. The smallest absolute Gasteiger partial charge is 0.254 e. The lowest BCUT2D eigenvalue weighted by atomic mass is 10.2. The number of carbonyl (C=O) groups is 1. The minimum absolute atomic E-state index is 0.0185. The molecule has 2 aromatic rings. The van der Waals surface area contributed by atoms with Gasteiger partial charge in [-0.3, -0.25) is 4.79 Å². The van der Waals surface area contributed by atoms with Gasteiger partial charge in [-0.2, -0.15) is 0 Å². The molecule has 0 aliphatic rings. The highest BCUT2D eigenvalue weighted by atomic mass is 35.5. The van der Waals surface area contributed by atoms with E-state index in [4.69, 9.17) is 11.6 Å². The first-order chi connectivity index (χ1) is 8.56. The van der Waals surface area contributed by atoms with Crippen molar-refractivity contribution in [2.45, 2.75) is 13.5 Å². The number of hydrogen-bond donors (Lipinski definition) is 1. The Hall–Kier alpha value is -1.53. The Labute approximate surface area is 112 Å². The largest absolute Gasteiger partial charge is 0.345 e. The molecule has 0 atom stereocenters. The molecule has 2 heterocycles. The molecule has 0 unspecified atom stereocenters. The Bertz CT molecular complexity index is 587. The first-order valence-electron chi connectivity index (χ1n) is 5.06. The minimum atomic E-state index is -0.602. The van der Waals surface area contributed by atoms with Crippen LogP contribution < -0.4 is 5.32 Å². The highest BCUT2D eigenvalue weighted by molar-refractivity contribution is 7.09. The number of nitrogens with one attached hydrogen (secondary N) is 1. The number of halogens is 2. The van der Waals surface area contributed by atoms with Crippen LogP contribution >= 0.6 is 22.9 Å². The molecule has 2 rings (SSSR count). The maximum absolute atomic E-state index is 13.0. The van der Waals surface area contributed by atoms with Crippen molar-refractivity contribution < 1.29 is 9.18 Å². The van der Waals surface area contributed by atoms with Crippen LogP contribution in [0.4, 0.5) is 4.39 Å². The van der Waals surface area contributed by atoms with Gasteiger partial charge < -0.3 is 5.32 Å². The molecular weight excluding hydrogens is 277 g/mol. The molecule has 0 bridgehead atoms. The van der Waals surface area contributed by atoms with Gasteiger partial charge in [-0.1, -0.05) is 11.6 Å². The Morgan fingerprint density at radius 2 is 2.39 bits per heavy atom. The Morgan fingerprint density at radius 1 is 1.61 bits per heavy atom. The van der Waals surface area contributed by atoms with E-state index in [9.17, 15) is 9.18 Å². The summed E-state index contributed by atoms with van der Waals surface area (Å²) in [7, 11) is 0. The van der Waals surface area contributed by atoms with E-state index in [1.807, 2.05) is 12.3 Å². The van der Waals surface area contributed by atoms with E-state index in [2.05, 4.69) is 15.3 Å². The van der Waals surface area contributed by atoms with Gasteiger partial charge in [0.2, 0.25) is 0 Å². The van der Waals surface area contributed by atoms with Crippen molar-refractivity contribution in [3.05, 3.63) is 44.9 Å². The Kier molecular flexibility index (Phi) is 3.88. The number of hydrogen-bond acceptors (Lipinski definition) is 4. The van der Waals surface area contributed by atoms with Gasteiger partial charge in [0.1, 0.15) is 16.0 Å². The molecule has 2 aromatic heterocycles. The van der Waals surface area contributed by atoms with Crippen molar-refractivity contribution in [3.63, 3.8) is 0 Å². The summed E-state index contributed by atoms with van der Waals surface area (Å²) in [6.45, 7) is 2.15. The van der Waals surface area contributed by atoms with Gasteiger partial charge in [0, 0.05) is 11.1 Å². The van der Waals surface area contributed by atoms with E-state index in [0.29, 0.717) is 0 Å². The standard InChI is InChI=1S/C11H9ClFN3OS/c1-6-5-18-9(16-6)4-15-11(17)8-2-7(13)3-14-10(8)12/h2-3,5H,4H2,1H3,(H,15,17). The van der Waals surface area contributed by atoms with Crippen LogP contribution in [-0.4, -0.2) is 15.9 Å². The van der Waals surface area contributed by atoms with Gasteiger partial charge in [-0.15, -0.1) is 11.3 Å². The van der Waals surface area contributed by atoms with E-state index >= 15 is 0 Å². The number of nitrogens with zero attached hydrogens (tertiary/aromatic N) is 2. The fourth-order valence-corrected chi connectivity index (χ4v) is 2.22. The zero-order valence-electron chi connectivity index (χ0n) is 9.41. The van der Waals surface area contributed by atoms with Crippen molar-refractivity contribution in [2.24, 2.45) is 0 Å². The van der Waals surface area contributed by atoms with Gasteiger partial charge in [0.25, 0.3) is 5.91 Å². The summed E-state index contributed by atoms with van der Waals surface area (Å²) in [6.07, 6.45) is 0.962. The van der Waals surface area contributed by atoms with Crippen LogP contribution in [0.2, 0.25) is 5.15 Å². The molecule has 0 aliphatic carbocycles. The molecule has 0 aromatic carbocycles. The molecule has 0 aliphatic heterocycles. The van der Waals surface area contributed by atoms with Crippen molar-refractivity contribution >= 4 is 28.8 Å². The molecule has 0 spiro atoms. The zero-order valence-corrected chi connectivity index (χ0v) is 11.0. The summed E-state index contributed by atoms with van der Waals surface area (Å²) >= 11 is 7.17. The lowest BCUT2D eigenvalue weighted by Crippen LogP contribution is -2.23. The molecule has 4 nitrogen and oxygen atoms in total. The zero-order chi connectivity index (χ0) is 13.1. The summed E-state index contributed by atoms with van der Waals surface area (Å²) in [5.74, 6) is -1.07. The summed E-state index contributed by atoms with van der Waals surface area (Å²) in [4.78, 5) is 19.5. The van der Waals surface area contributed by atoms with Crippen molar-refractivity contribution in [1.29, 1.82) is 0 Å². The summed E-state index contributed by atoms with van der Waals surface area (Å²) in [5.41, 5.74) is 0.916. The van der Waals surface area contributed by atoms with E-state index in [0.717, 1.165) is 23.0 Å². The number of aryl methyl sites for hydroxylation is 1. The number of carbonyl (C=O) groups excluding carboxylic acids is 1. The topological polar surface area (TPSA) is 54.9 Å². The predicted octanol–water partition coefficient (Wildman–Crippen LogP) is 2.57. The van der Waals surface area contributed by atoms with Crippen LogP contribution in [0.1, 0.15) is 21.1 Å². The van der Waals surface area contributed by atoms with Gasteiger partial charge in [0.05, 0.1) is 18.3 Å². The maximum Gasteiger partial charge on any atom is 0.254 e. The molecule has 1 N–H and O–H groups in total. The molecule has 94 valence electrons. The second kappa shape index (κ2) is 5.41. The average molecular weight is 286 g/mol. The lowest BCUT2D eigenvalue weighted by molar-refractivity contribution is 0.0950. The van der Waals surface area contributed by atoms with Crippen molar-refractivity contribution in [3.8, 4) is 0 Å². The van der Waals surface area contributed by atoms with E-state index in [1.165, 1.54) is 11.3 Å². The third kappa shape index (κ3) is 3.02. The summed E-state index contributed by atoms with van der Waals surface area (Å²) < 4.78 is 13.0. The van der Waals surface area contributed by atoms with E-state index < -0.39 is 11.7 Å². The number of thiazole rings is 1. The van der Waals surface area contributed by atoms with Crippen LogP contribution in [-0.2, 0) is 6.54 Å².